The van der Waals surface area contributed by atoms with Gasteiger partial charge < -0.3 is 5.32 Å². The van der Waals surface area contributed by atoms with E-state index >= 15 is 0 Å². The molecule has 3 heteroatoms. The van der Waals surface area contributed by atoms with Gasteiger partial charge in [-0.25, -0.2) is 4.98 Å². The Morgan fingerprint density at radius 2 is 2.14 bits per heavy atom. The highest BCUT2D eigenvalue weighted by molar-refractivity contribution is 7.09. The molecular weight excluding hydrogens is 192 g/mol. The number of hydrogen-bond donors (Lipinski definition) is 1. The van der Waals surface area contributed by atoms with Gasteiger partial charge >= 0.3 is 0 Å². The molecule has 1 heterocycles. The van der Waals surface area contributed by atoms with E-state index in [9.17, 15) is 0 Å². The van der Waals surface area contributed by atoms with E-state index in [1.165, 1.54) is 5.69 Å². The zero-order valence-electron chi connectivity index (χ0n) is 9.72. The quantitative estimate of drug-likeness (QED) is 0.832. The van der Waals surface area contributed by atoms with Crippen LogP contribution in [0.2, 0.25) is 0 Å². The Kier molecular flexibility index (Phi) is 3.67. The van der Waals surface area contributed by atoms with Gasteiger partial charge in [-0.2, -0.15) is 0 Å². The molecule has 0 fully saturated rings. The Balaban J connectivity index is 2.88. The Labute approximate surface area is 90.8 Å². The molecule has 1 N–H and O–H groups in total. The Morgan fingerprint density at radius 1 is 1.50 bits per heavy atom. The van der Waals surface area contributed by atoms with Crippen LogP contribution in [-0.2, 0) is 0 Å². The first kappa shape index (κ1) is 11.7. The van der Waals surface area contributed by atoms with Crippen molar-refractivity contribution in [3.63, 3.8) is 0 Å². The molecule has 80 valence electrons. The van der Waals surface area contributed by atoms with Crippen LogP contribution in [0.15, 0.2) is 5.38 Å². The van der Waals surface area contributed by atoms with Gasteiger partial charge in [-0.3, -0.25) is 0 Å². The second-order valence-electron chi connectivity index (χ2n) is 4.65. The fraction of sp³-hybridized carbons (Fsp3) is 0.727. The van der Waals surface area contributed by atoms with Crippen molar-refractivity contribution in [3.05, 3.63) is 16.1 Å². The molecule has 0 amide bonds. The topological polar surface area (TPSA) is 24.9 Å². The molecule has 0 bridgehead atoms. The van der Waals surface area contributed by atoms with E-state index in [0.717, 1.165) is 11.6 Å². The third-order valence-electron chi connectivity index (χ3n) is 2.21. The molecule has 0 aliphatic carbocycles. The second-order valence-corrected chi connectivity index (χ2v) is 5.71. The summed E-state index contributed by atoms with van der Waals surface area (Å²) in [5.41, 5.74) is 1.40. The van der Waals surface area contributed by atoms with Gasteiger partial charge in [0.25, 0.3) is 0 Å². The zero-order valence-corrected chi connectivity index (χ0v) is 10.5. The lowest BCUT2D eigenvalue weighted by molar-refractivity contribution is 0.272. The summed E-state index contributed by atoms with van der Waals surface area (Å²) in [6.07, 6.45) is 0. The normalized spacial score (nSPS) is 14.4. The van der Waals surface area contributed by atoms with Crippen molar-refractivity contribution in [2.45, 2.75) is 40.7 Å². The molecule has 1 aromatic heterocycles. The maximum absolute atomic E-state index is 4.55. The van der Waals surface area contributed by atoms with Gasteiger partial charge in [-0.15, -0.1) is 11.3 Å². The maximum atomic E-state index is 4.55. The highest BCUT2D eigenvalue weighted by Gasteiger charge is 2.26. The summed E-state index contributed by atoms with van der Waals surface area (Å²) in [6.45, 7) is 11.9. The Morgan fingerprint density at radius 3 is 2.50 bits per heavy atom. The monoisotopic (exact) mass is 212 g/mol. The predicted molar refractivity (Wildman–Crippen MR) is 62.7 cm³/mol. The number of nitrogens with zero attached hydrogens (tertiary/aromatic N) is 1. The summed E-state index contributed by atoms with van der Waals surface area (Å²) < 4.78 is 0. The lowest BCUT2D eigenvalue weighted by Crippen LogP contribution is -2.32. The van der Waals surface area contributed by atoms with Crippen LogP contribution in [0.4, 0.5) is 0 Å². The third kappa shape index (κ3) is 2.79. The van der Waals surface area contributed by atoms with Crippen molar-refractivity contribution in [3.8, 4) is 0 Å². The highest BCUT2D eigenvalue weighted by atomic mass is 32.1. The van der Waals surface area contributed by atoms with Crippen LogP contribution >= 0.6 is 11.3 Å². The van der Waals surface area contributed by atoms with Crippen LogP contribution in [0.1, 0.15) is 44.4 Å². The van der Waals surface area contributed by atoms with E-state index in [1.807, 2.05) is 0 Å². The molecule has 1 atom stereocenters. The first-order valence-electron chi connectivity index (χ1n) is 5.10. The molecule has 0 aromatic carbocycles. The summed E-state index contributed by atoms with van der Waals surface area (Å²) in [7, 11) is 0. The van der Waals surface area contributed by atoms with Crippen molar-refractivity contribution in [1.29, 1.82) is 0 Å². The summed E-state index contributed by atoms with van der Waals surface area (Å²) in [4.78, 5) is 4.55. The van der Waals surface area contributed by atoms with Gasteiger partial charge in [0, 0.05) is 5.38 Å². The number of rotatable bonds is 3. The number of aromatic nitrogens is 1. The van der Waals surface area contributed by atoms with Gasteiger partial charge in [0.1, 0.15) is 0 Å². The summed E-state index contributed by atoms with van der Waals surface area (Å²) in [6, 6.07) is 0.359. The fourth-order valence-corrected chi connectivity index (χ4v) is 2.21. The lowest BCUT2D eigenvalue weighted by atomic mass is 9.85. The number of thiazole rings is 1. The zero-order chi connectivity index (χ0) is 10.8. The van der Waals surface area contributed by atoms with Crippen molar-refractivity contribution in [2.24, 2.45) is 5.41 Å². The average Bonchev–Trinajstić information content (AvgIpc) is 2.45. The molecule has 1 rings (SSSR count). The van der Waals surface area contributed by atoms with E-state index in [0.29, 0.717) is 6.04 Å². The van der Waals surface area contributed by atoms with Crippen molar-refractivity contribution < 1.29 is 0 Å². The number of hydrogen-bond acceptors (Lipinski definition) is 3. The van der Waals surface area contributed by atoms with Gasteiger partial charge in [-0.05, 0) is 18.9 Å². The van der Waals surface area contributed by atoms with Crippen molar-refractivity contribution in [2.75, 3.05) is 6.54 Å². The van der Waals surface area contributed by atoms with Crippen LogP contribution in [0.3, 0.4) is 0 Å². The summed E-state index contributed by atoms with van der Waals surface area (Å²) in [5, 5.41) is 6.80. The van der Waals surface area contributed by atoms with E-state index in [4.69, 9.17) is 0 Å². The first-order chi connectivity index (χ1) is 6.45. The minimum atomic E-state index is 0.219. The molecule has 0 radical (unpaired) electrons. The van der Waals surface area contributed by atoms with Crippen LogP contribution < -0.4 is 5.32 Å². The van der Waals surface area contributed by atoms with Crippen molar-refractivity contribution in [1.82, 2.24) is 10.3 Å². The highest BCUT2D eigenvalue weighted by Crippen LogP contribution is 2.32. The smallest absolute Gasteiger partial charge is 0.0898 e. The van der Waals surface area contributed by atoms with Crippen molar-refractivity contribution >= 4 is 11.3 Å². The van der Waals surface area contributed by atoms with Crippen LogP contribution in [0.5, 0.6) is 0 Å². The second kappa shape index (κ2) is 4.41. The first-order valence-corrected chi connectivity index (χ1v) is 5.98. The van der Waals surface area contributed by atoms with Gasteiger partial charge in [0.05, 0.1) is 16.7 Å². The van der Waals surface area contributed by atoms with E-state index in [1.54, 1.807) is 11.3 Å². The van der Waals surface area contributed by atoms with Crippen LogP contribution in [0, 0.1) is 12.3 Å². The Hall–Kier alpha value is -0.410. The molecule has 0 spiro atoms. The standard InChI is InChI=1S/C11H20N2S/c1-6-12-10(11(3,4)5)9-7-14-8(2)13-9/h7,10,12H,6H2,1-5H3. The summed E-state index contributed by atoms with van der Waals surface area (Å²) >= 11 is 1.72. The predicted octanol–water partition coefficient (Wildman–Crippen LogP) is 3.15. The molecule has 0 saturated carbocycles. The number of nitrogens with one attached hydrogen (secondary N) is 1. The maximum Gasteiger partial charge on any atom is 0.0898 e. The average molecular weight is 212 g/mol. The number of aryl methyl sites for hydroxylation is 1. The largest absolute Gasteiger partial charge is 0.308 e. The SMILES string of the molecule is CCNC(c1csc(C)n1)C(C)(C)C. The van der Waals surface area contributed by atoms with Gasteiger partial charge in [-0.1, -0.05) is 27.7 Å². The molecule has 0 aliphatic rings. The molecule has 14 heavy (non-hydrogen) atoms. The summed E-state index contributed by atoms with van der Waals surface area (Å²) in [5.74, 6) is 0. The minimum absolute atomic E-state index is 0.219. The minimum Gasteiger partial charge on any atom is -0.308 e. The molecule has 1 aromatic rings. The molecular formula is C11H20N2S. The van der Waals surface area contributed by atoms with E-state index < -0.39 is 0 Å². The van der Waals surface area contributed by atoms with Gasteiger partial charge in [0.15, 0.2) is 0 Å². The molecule has 0 aliphatic heterocycles. The van der Waals surface area contributed by atoms with Gasteiger partial charge in [0.2, 0.25) is 0 Å². The fourth-order valence-electron chi connectivity index (χ4n) is 1.57. The van der Waals surface area contributed by atoms with E-state index in [-0.39, 0.29) is 5.41 Å². The van der Waals surface area contributed by atoms with E-state index in [2.05, 4.69) is 50.3 Å². The molecule has 1 unspecified atom stereocenters. The molecule has 0 saturated heterocycles. The van der Waals surface area contributed by atoms with Crippen LogP contribution in [0.25, 0.3) is 0 Å². The lowest BCUT2D eigenvalue weighted by Gasteiger charge is -2.30. The Bertz CT molecular complexity index is 286. The van der Waals surface area contributed by atoms with Crippen LogP contribution in [-0.4, -0.2) is 11.5 Å². The third-order valence-corrected chi connectivity index (χ3v) is 3.00. The molecule has 2 nitrogen and oxygen atoms in total.